The Labute approximate surface area is 125 Å². The highest BCUT2D eigenvalue weighted by Gasteiger charge is 2.41. The quantitative estimate of drug-likeness (QED) is 0.851. The van der Waals surface area contributed by atoms with Crippen LogP contribution in [0.25, 0.3) is 11.4 Å². The second-order valence-electron chi connectivity index (χ2n) is 4.91. The van der Waals surface area contributed by atoms with Crippen molar-refractivity contribution in [2.75, 3.05) is 6.61 Å². The maximum atomic E-state index is 5.94. The third kappa shape index (κ3) is 2.38. The minimum absolute atomic E-state index is 0.389. The van der Waals surface area contributed by atoms with Crippen LogP contribution in [0.1, 0.15) is 38.5 Å². The zero-order chi connectivity index (χ0) is 14.0. The first-order valence-electron chi connectivity index (χ1n) is 6.83. The molecule has 1 saturated carbocycles. The summed E-state index contributed by atoms with van der Waals surface area (Å²) in [5.74, 6) is 1.16. The van der Waals surface area contributed by atoms with E-state index in [9.17, 15) is 0 Å². The van der Waals surface area contributed by atoms with E-state index in [-0.39, 0.29) is 5.60 Å². The van der Waals surface area contributed by atoms with Gasteiger partial charge in [-0.2, -0.15) is 4.98 Å². The fourth-order valence-corrected chi connectivity index (χ4v) is 3.14. The summed E-state index contributed by atoms with van der Waals surface area (Å²) >= 11 is 3.45. The van der Waals surface area contributed by atoms with E-state index in [1.807, 2.05) is 13.0 Å². The molecule has 2 aromatic heterocycles. The molecule has 0 amide bonds. The van der Waals surface area contributed by atoms with Crippen molar-refractivity contribution in [2.24, 2.45) is 0 Å². The van der Waals surface area contributed by atoms with Crippen LogP contribution in [0.3, 0.4) is 0 Å². The van der Waals surface area contributed by atoms with E-state index in [1.54, 1.807) is 12.4 Å². The first kappa shape index (κ1) is 13.7. The number of hydrogen-bond donors (Lipinski definition) is 0. The topological polar surface area (TPSA) is 61.0 Å². The van der Waals surface area contributed by atoms with Crippen molar-refractivity contribution in [3.05, 3.63) is 28.8 Å². The zero-order valence-electron chi connectivity index (χ0n) is 11.3. The second kappa shape index (κ2) is 5.61. The predicted octanol–water partition coefficient (Wildman–Crippen LogP) is 3.70. The van der Waals surface area contributed by atoms with Gasteiger partial charge in [-0.05, 0) is 54.6 Å². The fraction of sp³-hybridized carbons (Fsp3) is 0.500. The van der Waals surface area contributed by atoms with Gasteiger partial charge in [-0.3, -0.25) is 4.98 Å². The SMILES string of the molecule is CCOC1(c2nc(-c3ccncc3Br)no2)CCCC1. The smallest absolute Gasteiger partial charge is 0.259 e. The van der Waals surface area contributed by atoms with E-state index in [4.69, 9.17) is 9.26 Å². The second-order valence-corrected chi connectivity index (χ2v) is 5.77. The van der Waals surface area contributed by atoms with E-state index in [0.29, 0.717) is 18.3 Å². The summed E-state index contributed by atoms with van der Waals surface area (Å²) in [5.41, 5.74) is 0.485. The van der Waals surface area contributed by atoms with Gasteiger partial charge in [0.25, 0.3) is 5.89 Å². The molecule has 0 bridgehead atoms. The molecule has 0 radical (unpaired) electrons. The maximum Gasteiger partial charge on any atom is 0.259 e. The molecule has 0 N–H and O–H groups in total. The summed E-state index contributed by atoms with van der Waals surface area (Å²) in [6.45, 7) is 2.65. The van der Waals surface area contributed by atoms with Crippen LogP contribution in [-0.2, 0) is 10.3 Å². The normalized spacial score (nSPS) is 17.5. The van der Waals surface area contributed by atoms with E-state index < -0.39 is 0 Å². The Morgan fingerprint density at radius 3 is 2.90 bits per heavy atom. The van der Waals surface area contributed by atoms with Crippen molar-refractivity contribution in [3.8, 4) is 11.4 Å². The lowest BCUT2D eigenvalue weighted by atomic mass is 10.0. The van der Waals surface area contributed by atoms with Crippen molar-refractivity contribution in [3.63, 3.8) is 0 Å². The van der Waals surface area contributed by atoms with Crippen LogP contribution in [0.5, 0.6) is 0 Å². The van der Waals surface area contributed by atoms with Crippen molar-refractivity contribution in [1.29, 1.82) is 0 Å². The van der Waals surface area contributed by atoms with E-state index in [2.05, 4.69) is 31.1 Å². The van der Waals surface area contributed by atoms with Crippen molar-refractivity contribution in [1.82, 2.24) is 15.1 Å². The molecule has 3 rings (SSSR count). The lowest BCUT2D eigenvalue weighted by molar-refractivity contribution is -0.0610. The van der Waals surface area contributed by atoms with Gasteiger partial charge in [0, 0.05) is 29.0 Å². The first-order valence-corrected chi connectivity index (χ1v) is 7.62. The molecule has 0 aliphatic heterocycles. The average molecular weight is 338 g/mol. The van der Waals surface area contributed by atoms with E-state index in [1.165, 1.54) is 0 Å². The van der Waals surface area contributed by atoms with Crippen molar-refractivity contribution < 1.29 is 9.26 Å². The fourth-order valence-electron chi connectivity index (χ4n) is 2.72. The minimum Gasteiger partial charge on any atom is -0.365 e. The molecule has 1 fully saturated rings. The van der Waals surface area contributed by atoms with Crippen LogP contribution in [0.4, 0.5) is 0 Å². The Kier molecular flexibility index (Phi) is 3.85. The van der Waals surface area contributed by atoms with Crippen molar-refractivity contribution in [2.45, 2.75) is 38.2 Å². The van der Waals surface area contributed by atoms with Gasteiger partial charge >= 0.3 is 0 Å². The monoisotopic (exact) mass is 337 g/mol. The number of pyridine rings is 1. The minimum atomic E-state index is -0.389. The highest BCUT2D eigenvalue weighted by atomic mass is 79.9. The van der Waals surface area contributed by atoms with Gasteiger partial charge in [0.1, 0.15) is 5.60 Å². The van der Waals surface area contributed by atoms with Gasteiger partial charge in [-0.25, -0.2) is 0 Å². The van der Waals surface area contributed by atoms with E-state index >= 15 is 0 Å². The zero-order valence-corrected chi connectivity index (χ0v) is 12.9. The summed E-state index contributed by atoms with van der Waals surface area (Å²) in [4.78, 5) is 8.59. The van der Waals surface area contributed by atoms with Crippen LogP contribution >= 0.6 is 15.9 Å². The Morgan fingerprint density at radius 2 is 2.20 bits per heavy atom. The molecule has 106 valence electrons. The van der Waals surface area contributed by atoms with Gasteiger partial charge in [0.2, 0.25) is 5.82 Å². The lowest BCUT2D eigenvalue weighted by Gasteiger charge is -2.24. The standard InChI is InChI=1S/C14H16BrN3O2/c1-2-19-14(6-3-4-7-14)13-17-12(18-20-13)10-5-8-16-9-11(10)15/h5,8-9H,2-4,6-7H2,1H3. The number of halogens is 1. The summed E-state index contributed by atoms with van der Waals surface area (Å²) in [7, 11) is 0. The molecule has 0 saturated heterocycles. The maximum absolute atomic E-state index is 5.94. The summed E-state index contributed by atoms with van der Waals surface area (Å²) < 4.78 is 12.3. The Morgan fingerprint density at radius 1 is 1.40 bits per heavy atom. The average Bonchev–Trinajstić information content (AvgIpc) is 3.09. The molecule has 2 aromatic rings. The summed E-state index contributed by atoms with van der Waals surface area (Å²) in [6.07, 6.45) is 7.59. The highest BCUT2D eigenvalue weighted by Crippen LogP contribution is 2.42. The predicted molar refractivity (Wildman–Crippen MR) is 77.0 cm³/mol. The number of rotatable bonds is 4. The largest absolute Gasteiger partial charge is 0.365 e. The molecule has 5 nitrogen and oxygen atoms in total. The molecule has 1 aliphatic carbocycles. The third-order valence-electron chi connectivity index (χ3n) is 3.66. The van der Waals surface area contributed by atoms with Gasteiger partial charge < -0.3 is 9.26 Å². The first-order chi connectivity index (χ1) is 9.75. The number of ether oxygens (including phenoxy) is 1. The molecule has 0 spiro atoms. The molecular weight excluding hydrogens is 322 g/mol. The van der Waals surface area contributed by atoms with Crippen LogP contribution in [-0.4, -0.2) is 21.7 Å². The molecule has 0 unspecified atom stereocenters. The number of hydrogen-bond acceptors (Lipinski definition) is 5. The van der Waals surface area contributed by atoms with Crippen LogP contribution < -0.4 is 0 Å². The molecule has 0 atom stereocenters. The Bertz CT molecular complexity index is 594. The lowest BCUT2D eigenvalue weighted by Crippen LogP contribution is -2.26. The Hall–Kier alpha value is -1.27. The van der Waals surface area contributed by atoms with Gasteiger partial charge in [-0.1, -0.05) is 5.16 Å². The molecule has 0 aromatic carbocycles. The number of aromatic nitrogens is 3. The molecule has 2 heterocycles. The van der Waals surface area contributed by atoms with Gasteiger partial charge in [0.05, 0.1) is 0 Å². The van der Waals surface area contributed by atoms with Crippen LogP contribution in [0.15, 0.2) is 27.5 Å². The van der Waals surface area contributed by atoms with Gasteiger partial charge in [0.15, 0.2) is 0 Å². The Balaban J connectivity index is 1.95. The summed E-state index contributed by atoms with van der Waals surface area (Å²) in [5, 5.41) is 4.10. The van der Waals surface area contributed by atoms with E-state index in [0.717, 1.165) is 35.7 Å². The van der Waals surface area contributed by atoms with Gasteiger partial charge in [-0.15, -0.1) is 0 Å². The highest BCUT2D eigenvalue weighted by molar-refractivity contribution is 9.10. The molecular formula is C14H16BrN3O2. The van der Waals surface area contributed by atoms with Crippen molar-refractivity contribution >= 4 is 15.9 Å². The molecule has 1 aliphatic rings. The number of nitrogens with zero attached hydrogens (tertiary/aromatic N) is 3. The third-order valence-corrected chi connectivity index (χ3v) is 4.29. The molecule has 6 heteroatoms. The van der Waals surface area contributed by atoms with Crippen LogP contribution in [0.2, 0.25) is 0 Å². The summed E-state index contributed by atoms with van der Waals surface area (Å²) in [6, 6.07) is 1.86. The molecule has 20 heavy (non-hydrogen) atoms. The van der Waals surface area contributed by atoms with Crippen LogP contribution in [0, 0.1) is 0 Å².